The monoisotopic (exact) mass is 421 g/mol. The van der Waals surface area contributed by atoms with Gasteiger partial charge in [0.25, 0.3) is 0 Å². The highest BCUT2D eigenvalue weighted by atomic mass is 35.5. The molecule has 8 heteroatoms. The Bertz CT molecular complexity index is 898. The van der Waals surface area contributed by atoms with E-state index in [1.165, 1.54) is 22.0 Å². The average molecular weight is 422 g/mol. The van der Waals surface area contributed by atoms with Crippen molar-refractivity contribution in [2.24, 2.45) is 0 Å². The second kappa shape index (κ2) is 9.41. The number of rotatable bonds is 6. The molecule has 0 bridgehead atoms. The highest BCUT2D eigenvalue weighted by molar-refractivity contribution is 7.89. The number of nitrogens with one attached hydrogen (secondary N) is 1. The van der Waals surface area contributed by atoms with E-state index in [0.717, 1.165) is 12.8 Å². The zero-order chi connectivity index (χ0) is 20.0. The molecule has 1 aliphatic rings. The van der Waals surface area contributed by atoms with Gasteiger partial charge in [-0.05, 0) is 36.6 Å². The summed E-state index contributed by atoms with van der Waals surface area (Å²) in [6.07, 6.45) is 1.77. The standard InChI is InChI=1S/C20H24ClN3O3S/c21-18-9-4-10-19(16-18)28(26,27)24-14-12-23(13-15-24)20(25)22-11-5-8-17-6-2-1-3-7-17/h1-4,6-7,9-10,16H,5,8,11-15H2,(H,22,25). The van der Waals surface area contributed by atoms with Gasteiger partial charge in [-0.2, -0.15) is 4.31 Å². The summed E-state index contributed by atoms with van der Waals surface area (Å²) in [5.74, 6) is 0. The van der Waals surface area contributed by atoms with Crippen molar-refractivity contribution >= 4 is 27.7 Å². The molecule has 1 aliphatic heterocycles. The molecule has 1 N–H and O–H groups in total. The Hall–Kier alpha value is -2.09. The number of sulfonamides is 1. The van der Waals surface area contributed by atoms with E-state index in [0.29, 0.717) is 24.7 Å². The molecule has 2 aromatic rings. The highest BCUT2D eigenvalue weighted by Gasteiger charge is 2.30. The summed E-state index contributed by atoms with van der Waals surface area (Å²) in [6, 6.07) is 16.2. The summed E-state index contributed by atoms with van der Waals surface area (Å²) in [7, 11) is -3.59. The number of urea groups is 1. The minimum atomic E-state index is -3.59. The second-order valence-corrected chi connectivity index (χ2v) is 9.04. The summed E-state index contributed by atoms with van der Waals surface area (Å²) < 4.78 is 26.8. The molecule has 0 aliphatic carbocycles. The number of piperazine rings is 1. The maximum absolute atomic E-state index is 12.7. The normalized spacial score (nSPS) is 15.4. The molecule has 0 saturated carbocycles. The summed E-state index contributed by atoms with van der Waals surface area (Å²) in [4.78, 5) is 14.1. The summed E-state index contributed by atoms with van der Waals surface area (Å²) in [5, 5.41) is 3.30. The minimum Gasteiger partial charge on any atom is -0.338 e. The van der Waals surface area contributed by atoms with Gasteiger partial charge in [-0.15, -0.1) is 0 Å². The van der Waals surface area contributed by atoms with Crippen molar-refractivity contribution in [2.75, 3.05) is 32.7 Å². The van der Waals surface area contributed by atoms with Crippen LogP contribution in [-0.4, -0.2) is 56.4 Å². The Labute approximate surface area is 171 Å². The Morgan fingerprint density at radius 3 is 2.39 bits per heavy atom. The maximum atomic E-state index is 12.7. The van der Waals surface area contributed by atoms with Crippen LogP contribution in [0.5, 0.6) is 0 Å². The summed E-state index contributed by atoms with van der Waals surface area (Å²) in [5.41, 5.74) is 1.25. The van der Waals surface area contributed by atoms with E-state index < -0.39 is 10.0 Å². The predicted octanol–water partition coefficient (Wildman–Crippen LogP) is 2.99. The van der Waals surface area contributed by atoms with Crippen molar-refractivity contribution in [3.05, 3.63) is 65.2 Å². The number of carbonyl (C=O) groups is 1. The second-order valence-electron chi connectivity index (χ2n) is 6.67. The Kier molecular flexibility index (Phi) is 6.93. The lowest BCUT2D eigenvalue weighted by atomic mass is 10.1. The number of aryl methyl sites for hydroxylation is 1. The largest absolute Gasteiger partial charge is 0.338 e. The first kappa shape index (κ1) is 20.6. The van der Waals surface area contributed by atoms with Gasteiger partial charge in [-0.1, -0.05) is 48.0 Å². The van der Waals surface area contributed by atoms with Gasteiger partial charge in [0, 0.05) is 37.7 Å². The minimum absolute atomic E-state index is 0.145. The third-order valence-corrected chi connectivity index (χ3v) is 6.85. The highest BCUT2D eigenvalue weighted by Crippen LogP contribution is 2.20. The van der Waals surface area contributed by atoms with Gasteiger partial charge >= 0.3 is 6.03 Å². The van der Waals surface area contributed by atoms with Crippen molar-refractivity contribution < 1.29 is 13.2 Å². The molecule has 3 rings (SSSR count). The van der Waals surface area contributed by atoms with Gasteiger partial charge in [0.15, 0.2) is 0 Å². The Morgan fingerprint density at radius 1 is 1.00 bits per heavy atom. The summed E-state index contributed by atoms with van der Waals surface area (Å²) >= 11 is 5.91. The molecule has 1 saturated heterocycles. The lowest BCUT2D eigenvalue weighted by Crippen LogP contribution is -2.53. The number of halogens is 1. The predicted molar refractivity (Wildman–Crippen MR) is 110 cm³/mol. The van der Waals surface area contributed by atoms with E-state index in [2.05, 4.69) is 17.4 Å². The van der Waals surface area contributed by atoms with Crippen molar-refractivity contribution in [1.29, 1.82) is 0 Å². The fraction of sp³-hybridized carbons (Fsp3) is 0.350. The zero-order valence-electron chi connectivity index (χ0n) is 15.6. The first-order valence-corrected chi connectivity index (χ1v) is 11.1. The van der Waals surface area contributed by atoms with Gasteiger partial charge in [0.2, 0.25) is 10.0 Å². The van der Waals surface area contributed by atoms with Gasteiger partial charge < -0.3 is 10.2 Å². The van der Waals surface area contributed by atoms with Crippen LogP contribution in [0.1, 0.15) is 12.0 Å². The molecule has 2 aromatic carbocycles. The zero-order valence-corrected chi connectivity index (χ0v) is 17.1. The number of hydrogen-bond acceptors (Lipinski definition) is 3. The van der Waals surface area contributed by atoms with Gasteiger partial charge in [0.1, 0.15) is 0 Å². The number of benzene rings is 2. The van der Waals surface area contributed by atoms with E-state index in [4.69, 9.17) is 11.6 Å². The molecule has 0 radical (unpaired) electrons. The van der Waals surface area contributed by atoms with E-state index in [9.17, 15) is 13.2 Å². The first-order valence-electron chi connectivity index (χ1n) is 9.29. The van der Waals surface area contributed by atoms with E-state index in [-0.39, 0.29) is 24.0 Å². The van der Waals surface area contributed by atoms with Crippen molar-refractivity contribution in [2.45, 2.75) is 17.7 Å². The smallest absolute Gasteiger partial charge is 0.317 e. The summed E-state index contributed by atoms with van der Waals surface area (Å²) in [6.45, 7) is 1.86. The van der Waals surface area contributed by atoms with Crippen LogP contribution < -0.4 is 5.32 Å². The van der Waals surface area contributed by atoms with Gasteiger partial charge in [-0.3, -0.25) is 0 Å². The van der Waals surface area contributed by atoms with Crippen molar-refractivity contribution in [3.63, 3.8) is 0 Å². The van der Waals surface area contributed by atoms with Crippen LogP contribution in [0, 0.1) is 0 Å². The number of amides is 2. The van der Waals surface area contributed by atoms with Crippen LogP contribution >= 0.6 is 11.6 Å². The lowest BCUT2D eigenvalue weighted by Gasteiger charge is -2.34. The molecule has 150 valence electrons. The molecule has 1 heterocycles. The number of hydrogen-bond donors (Lipinski definition) is 1. The SMILES string of the molecule is O=C(NCCCc1ccccc1)N1CCN(S(=O)(=O)c2cccc(Cl)c2)CC1. The molecule has 0 aromatic heterocycles. The molecule has 0 atom stereocenters. The Morgan fingerprint density at radius 2 is 1.71 bits per heavy atom. The third-order valence-electron chi connectivity index (χ3n) is 4.72. The van der Waals surface area contributed by atoms with E-state index in [1.54, 1.807) is 17.0 Å². The molecule has 0 unspecified atom stereocenters. The van der Waals surface area contributed by atoms with E-state index >= 15 is 0 Å². The quantitative estimate of drug-likeness (QED) is 0.729. The van der Waals surface area contributed by atoms with Crippen LogP contribution in [0.3, 0.4) is 0 Å². The molecule has 2 amide bonds. The van der Waals surface area contributed by atoms with Crippen LogP contribution in [0.2, 0.25) is 5.02 Å². The fourth-order valence-electron chi connectivity index (χ4n) is 3.15. The fourth-order valence-corrected chi connectivity index (χ4v) is 4.88. The van der Waals surface area contributed by atoms with Crippen LogP contribution in [0.25, 0.3) is 0 Å². The van der Waals surface area contributed by atoms with Crippen LogP contribution in [-0.2, 0) is 16.4 Å². The Balaban J connectivity index is 1.45. The molecule has 6 nitrogen and oxygen atoms in total. The molecule has 1 fully saturated rings. The lowest BCUT2D eigenvalue weighted by molar-refractivity contribution is 0.172. The van der Waals surface area contributed by atoms with Gasteiger partial charge in [0.05, 0.1) is 4.90 Å². The maximum Gasteiger partial charge on any atom is 0.317 e. The topological polar surface area (TPSA) is 69.7 Å². The third kappa shape index (κ3) is 5.25. The van der Waals surface area contributed by atoms with Crippen LogP contribution in [0.15, 0.2) is 59.5 Å². The van der Waals surface area contributed by atoms with Crippen molar-refractivity contribution in [1.82, 2.24) is 14.5 Å². The molecule has 0 spiro atoms. The number of nitrogens with zero attached hydrogens (tertiary/aromatic N) is 2. The van der Waals surface area contributed by atoms with Crippen molar-refractivity contribution in [3.8, 4) is 0 Å². The van der Waals surface area contributed by atoms with Crippen LogP contribution in [0.4, 0.5) is 4.79 Å². The van der Waals surface area contributed by atoms with Gasteiger partial charge in [-0.25, -0.2) is 13.2 Å². The number of carbonyl (C=O) groups excluding carboxylic acids is 1. The average Bonchev–Trinajstić information content (AvgIpc) is 2.72. The van der Waals surface area contributed by atoms with E-state index in [1.807, 2.05) is 18.2 Å². The molecular formula is C20H24ClN3O3S. The molecule has 28 heavy (non-hydrogen) atoms. The first-order chi connectivity index (χ1) is 13.5. The molecular weight excluding hydrogens is 398 g/mol.